The Bertz CT molecular complexity index is 1200. The molecule has 0 aliphatic heterocycles. The van der Waals surface area contributed by atoms with Crippen LogP contribution >= 0.6 is 0 Å². The monoisotopic (exact) mass is 456 g/mol. The van der Waals surface area contributed by atoms with Crippen molar-refractivity contribution in [1.82, 2.24) is 25.1 Å². The molecule has 1 aliphatic rings. The smallest absolute Gasteiger partial charge is 0.224 e. The van der Waals surface area contributed by atoms with Crippen molar-refractivity contribution >= 4 is 32.6 Å². The number of nitrogens with zero attached hydrogens (tertiary/aromatic N) is 4. The maximum Gasteiger partial charge on any atom is 0.224 e. The Morgan fingerprint density at radius 1 is 1.19 bits per heavy atom. The second kappa shape index (κ2) is 9.23. The Morgan fingerprint density at radius 3 is 2.69 bits per heavy atom. The van der Waals surface area contributed by atoms with E-state index < -0.39 is 9.84 Å². The zero-order valence-electron chi connectivity index (χ0n) is 18.2. The molecule has 170 valence electrons. The van der Waals surface area contributed by atoms with E-state index in [1.807, 2.05) is 36.5 Å². The molecule has 3 aromatic rings. The summed E-state index contributed by atoms with van der Waals surface area (Å²) >= 11 is 0. The number of para-hydroxylation sites is 1. The first-order valence-corrected chi connectivity index (χ1v) is 12.9. The van der Waals surface area contributed by atoms with Crippen molar-refractivity contribution < 1.29 is 13.2 Å². The molecule has 1 amide bonds. The molecule has 0 spiro atoms. The average molecular weight is 457 g/mol. The van der Waals surface area contributed by atoms with Gasteiger partial charge in [-0.05, 0) is 38.7 Å². The number of carbonyl (C=O) groups is 1. The molecule has 1 fully saturated rings. The molecule has 1 aromatic carbocycles. The van der Waals surface area contributed by atoms with Crippen molar-refractivity contribution in [3.05, 3.63) is 42.7 Å². The van der Waals surface area contributed by atoms with Crippen molar-refractivity contribution in [3.8, 4) is 5.82 Å². The highest BCUT2D eigenvalue weighted by molar-refractivity contribution is 7.90. The van der Waals surface area contributed by atoms with E-state index in [4.69, 9.17) is 0 Å². The highest BCUT2D eigenvalue weighted by Crippen LogP contribution is 2.26. The number of carbonyl (C=O) groups excluding carboxylic acids is 1. The molecule has 2 heterocycles. The van der Waals surface area contributed by atoms with Gasteiger partial charge in [0.1, 0.15) is 9.84 Å². The number of aromatic nitrogens is 4. The third kappa shape index (κ3) is 5.42. The maximum atomic E-state index is 12.5. The number of benzene rings is 1. The summed E-state index contributed by atoms with van der Waals surface area (Å²) in [6, 6.07) is 9.57. The molecule has 1 saturated carbocycles. The quantitative estimate of drug-likeness (QED) is 0.560. The SMILES string of the molecule is C[C@@H](CS(C)(=O)=O)NC(=O)C1CCC(Nc2nccc(-n3ncc4ccccc43)n2)CC1. The zero-order chi connectivity index (χ0) is 22.7. The summed E-state index contributed by atoms with van der Waals surface area (Å²) in [4.78, 5) is 21.5. The summed E-state index contributed by atoms with van der Waals surface area (Å²) in [7, 11) is -3.12. The minimum atomic E-state index is -3.12. The third-order valence-electron chi connectivity index (χ3n) is 5.71. The first-order chi connectivity index (χ1) is 15.3. The summed E-state index contributed by atoms with van der Waals surface area (Å²) in [5, 5.41) is 11.7. The number of fused-ring (bicyclic) bond motifs is 1. The molecule has 10 heteroatoms. The van der Waals surface area contributed by atoms with Crippen LogP contribution in [0.15, 0.2) is 42.7 Å². The van der Waals surface area contributed by atoms with Crippen LogP contribution in [0.3, 0.4) is 0 Å². The molecule has 0 radical (unpaired) electrons. The molecule has 32 heavy (non-hydrogen) atoms. The molecule has 0 bridgehead atoms. The van der Waals surface area contributed by atoms with Gasteiger partial charge in [0, 0.05) is 41.9 Å². The summed E-state index contributed by atoms with van der Waals surface area (Å²) in [6.07, 6.45) is 7.81. The lowest BCUT2D eigenvalue weighted by Crippen LogP contribution is -2.42. The molecule has 9 nitrogen and oxygen atoms in total. The Morgan fingerprint density at radius 2 is 1.94 bits per heavy atom. The van der Waals surface area contributed by atoms with Gasteiger partial charge >= 0.3 is 0 Å². The average Bonchev–Trinajstić information content (AvgIpc) is 3.17. The van der Waals surface area contributed by atoms with Gasteiger partial charge in [-0.1, -0.05) is 18.2 Å². The number of nitrogens with one attached hydrogen (secondary N) is 2. The van der Waals surface area contributed by atoms with Crippen LogP contribution in [0.5, 0.6) is 0 Å². The van der Waals surface area contributed by atoms with E-state index in [0.717, 1.165) is 36.6 Å². The van der Waals surface area contributed by atoms with Crippen LogP contribution in [-0.2, 0) is 14.6 Å². The van der Waals surface area contributed by atoms with Crippen LogP contribution in [0, 0.1) is 5.92 Å². The molecule has 2 aromatic heterocycles. The van der Waals surface area contributed by atoms with Gasteiger partial charge < -0.3 is 10.6 Å². The molecule has 4 rings (SSSR count). The van der Waals surface area contributed by atoms with Gasteiger partial charge in [0.15, 0.2) is 5.82 Å². The minimum absolute atomic E-state index is 0.0468. The Balaban J connectivity index is 1.34. The number of hydrogen-bond donors (Lipinski definition) is 2. The van der Waals surface area contributed by atoms with Crippen LogP contribution in [0.2, 0.25) is 0 Å². The zero-order valence-corrected chi connectivity index (χ0v) is 19.0. The Hall–Kier alpha value is -3.01. The van der Waals surface area contributed by atoms with Crippen molar-refractivity contribution in [3.63, 3.8) is 0 Å². The van der Waals surface area contributed by atoms with Crippen molar-refractivity contribution in [2.24, 2.45) is 5.92 Å². The van der Waals surface area contributed by atoms with Gasteiger partial charge in [-0.3, -0.25) is 4.79 Å². The van der Waals surface area contributed by atoms with E-state index in [1.54, 1.807) is 17.8 Å². The van der Waals surface area contributed by atoms with E-state index >= 15 is 0 Å². The van der Waals surface area contributed by atoms with Gasteiger partial charge in [-0.15, -0.1) is 0 Å². The van der Waals surface area contributed by atoms with Crippen molar-refractivity contribution in [2.75, 3.05) is 17.3 Å². The topological polar surface area (TPSA) is 119 Å². The molecule has 1 aliphatic carbocycles. The largest absolute Gasteiger partial charge is 0.352 e. The molecule has 1 atom stereocenters. The van der Waals surface area contributed by atoms with Gasteiger partial charge in [0.25, 0.3) is 0 Å². The van der Waals surface area contributed by atoms with Gasteiger partial charge in [-0.2, -0.15) is 10.1 Å². The Labute approximate surface area is 187 Å². The lowest BCUT2D eigenvalue weighted by molar-refractivity contribution is -0.126. The van der Waals surface area contributed by atoms with Crippen molar-refractivity contribution in [2.45, 2.75) is 44.7 Å². The molecular weight excluding hydrogens is 428 g/mol. The summed E-state index contributed by atoms with van der Waals surface area (Å²) in [5.41, 5.74) is 0.980. The van der Waals surface area contributed by atoms with E-state index in [-0.39, 0.29) is 29.7 Å². The number of rotatable bonds is 7. The second-order valence-electron chi connectivity index (χ2n) is 8.55. The van der Waals surface area contributed by atoms with Crippen LogP contribution in [-0.4, -0.2) is 58.2 Å². The minimum Gasteiger partial charge on any atom is -0.352 e. The lowest BCUT2D eigenvalue weighted by Gasteiger charge is -2.29. The highest BCUT2D eigenvalue weighted by atomic mass is 32.2. The molecule has 2 N–H and O–H groups in total. The van der Waals surface area contributed by atoms with Crippen LogP contribution < -0.4 is 10.6 Å². The number of amides is 1. The van der Waals surface area contributed by atoms with Crippen molar-refractivity contribution in [1.29, 1.82) is 0 Å². The maximum absolute atomic E-state index is 12.5. The second-order valence-corrected chi connectivity index (χ2v) is 10.7. The fourth-order valence-corrected chi connectivity index (χ4v) is 5.22. The van der Waals surface area contributed by atoms with Crippen LogP contribution in [0.25, 0.3) is 16.7 Å². The number of hydrogen-bond acceptors (Lipinski definition) is 7. The van der Waals surface area contributed by atoms with Crippen LogP contribution in [0.4, 0.5) is 5.95 Å². The fraction of sp³-hybridized carbons (Fsp3) is 0.455. The Kier molecular flexibility index (Phi) is 6.40. The summed E-state index contributed by atoms with van der Waals surface area (Å²) < 4.78 is 24.6. The number of sulfone groups is 1. The third-order valence-corrected chi connectivity index (χ3v) is 6.81. The summed E-state index contributed by atoms with van der Waals surface area (Å²) in [6.45, 7) is 1.72. The van der Waals surface area contributed by atoms with Gasteiger partial charge in [0.2, 0.25) is 11.9 Å². The molecule has 0 unspecified atom stereocenters. The van der Waals surface area contributed by atoms with E-state index in [2.05, 4.69) is 25.7 Å². The van der Waals surface area contributed by atoms with Gasteiger partial charge in [-0.25, -0.2) is 18.1 Å². The first-order valence-electron chi connectivity index (χ1n) is 10.8. The van der Waals surface area contributed by atoms with Gasteiger partial charge in [0.05, 0.1) is 17.5 Å². The predicted octanol–water partition coefficient (Wildman–Crippen LogP) is 2.34. The standard InChI is InChI=1S/C22H28N6O3S/c1-15(14-32(2,30)31)25-21(29)16-7-9-18(10-8-16)26-22-23-12-11-20(27-22)28-19-6-4-3-5-17(19)13-24-28/h3-6,11-13,15-16,18H,7-10,14H2,1-2H3,(H,25,29)(H,23,26,27)/t15-,16?,18?/m0/s1. The van der Waals surface area contributed by atoms with E-state index in [0.29, 0.717) is 11.8 Å². The lowest BCUT2D eigenvalue weighted by atomic mass is 9.85. The first kappa shape index (κ1) is 22.2. The molecular formula is C22H28N6O3S. The van der Waals surface area contributed by atoms with E-state index in [1.165, 1.54) is 6.26 Å². The highest BCUT2D eigenvalue weighted by Gasteiger charge is 2.28. The summed E-state index contributed by atoms with van der Waals surface area (Å²) in [5.74, 6) is 1.02. The predicted molar refractivity (Wildman–Crippen MR) is 123 cm³/mol. The molecule has 0 saturated heterocycles. The normalized spacial score (nSPS) is 20.1. The van der Waals surface area contributed by atoms with Crippen LogP contribution in [0.1, 0.15) is 32.6 Å². The number of anilines is 1. The van der Waals surface area contributed by atoms with E-state index in [9.17, 15) is 13.2 Å². The fourth-order valence-electron chi connectivity index (χ4n) is 4.23.